The Morgan fingerprint density at radius 2 is 1.88 bits per heavy atom. The Labute approximate surface area is 194 Å². The summed E-state index contributed by atoms with van der Waals surface area (Å²) in [4.78, 5) is 21.6. The summed E-state index contributed by atoms with van der Waals surface area (Å²) in [5.41, 5.74) is 2.92. The Bertz CT molecular complexity index is 1230. The number of hydrogen-bond donors (Lipinski definition) is 1. The second-order valence-corrected chi connectivity index (χ2v) is 9.57. The molecule has 0 radical (unpaired) electrons. The van der Waals surface area contributed by atoms with Crippen molar-refractivity contribution in [3.8, 4) is 11.8 Å². The Balaban J connectivity index is 1.22. The van der Waals surface area contributed by atoms with E-state index in [-0.39, 0.29) is 17.6 Å². The summed E-state index contributed by atoms with van der Waals surface area (Å²) in [7, 11) is 0. The first kappa shape index (κ1) is 21.6. The van der Waals surface area contributed by atoms with Crippen molar-refractivity contribution in [3.05, 3.63) is 65.7 Å². The Hall–Kier alpha value is -3.26. The van der Waals surface area contributed by atoms with Gasteiger partial charge in [0.15, 0.2) is 0 Å². The first-order chi connectivity index (χ1) is 16.0. The number of carbonyl (C=O) groups is 1. The molecule has 0 bridgehead atoms. The molecule has 2 aliphatic carbocycles. The SMILES string of the molecule is CC#Cc1ccc(NC(=O)C(C)C2CC3CC(c4ccnc5ccc(F)cc45)C[C@@H]3C2)nc1. The van der Waals surface area contributed by atoms with E-state index < -0.39 is 0 Å². The maximum Gasteiger partial charge on any atom is 0.228 e. The van der Waals surface area contributed by atoms with Gasteiger partial charge in [-0.1, -0.05) is 12.8 Å². The van der Waals surface area contributed by atoms with Crippen molar-refractivity contribution in [2.24, 2.45) is 23.7 Å². The van der Waals surface area contributed by atoms with Crippen molar-refractivity contribution in [2.45, 2.75) is 45.4 Å². The van der Waals surface area contributed by atoms with Gasteiger partial charge in [0.1, 0.15) is 11.6 Å². The molecule has 5 heteroatoms. The summed E-state index contributed by atoms with van der Waals surface area (Å²) < 4.78 is 13.9. The first-order valence-corrected chi connectivity index (χ1v) is 11.8. The number of pyridine rings is 2. The molecule has 1 aromatic carbocycles. The molecule has 5 atom stereocenters. The fraction of sp³-hybridized carbons (Fsp3) is 0.393. The van der Waals surface area contributed by atoms with Gasteiger partial charge in [-0.3, -0.25) is 9.78 Å². The normalized spacial score (nSPS) is 24.7. The van der Waals surface area contributed by atoms with E-state index in [1.54, 1.807) is 31.3 Å². The van der Waals surface area contributed by atoms with Crippen LogP contribution in [0.3, 0.4) is 0 Å². The molecular weight excluding hydrogens is 413 g/mol. The minimum absolute atomic E-state index is 0.0361. The molecule has 1 amide bonds. The highest BCUT2D eigenvalue weighted by molar-refractivity contribution is 5.91. The smallest absolute Gasteiger partial charge is 0.228 e. The zero-order valence-corrected chi connectivity index (χ0v) is 19.0. The molecule has 168 valence electrons. The lowest BCUT2D eigenvalue weighted by molar-refractivity contribution is -0.120. The van der Waals surface area contributed by atoms with Crippen LogP contribution in [-0.2, 0) is 4.79 Å². The molecule has 3 aromatic rings. The number of rotatable bonds is 4. The number of amides is 1. The van der Waals surface area contributed by atoms with Crippen LogP contribution < -0.4 is 5.32 Å². The largest absolute Gasteiger partial charge is 0.310 e. The summed E-state index contributed by atoms with van der Waals surface area (Å²) in [6.07, 6.45) is 7.89. The summed E-state index contributed by atoms with van der Waals surface area (Å²) in [6.45, 7) is 3.82. The monoisotopic (exact) mass is 441 g/mol. The molecular formula is C28H28FN3O. The van der Waals surface area contributed by atoms with E-state index in [0.29, 0.717) is 29.5 Å². The van der Waals surface area contributed by atoms with Crippen LogP contribution in [0.5, 0.6) is 0 Å². The fourth-order valence-corrected chi connectivity index (χ4v) is 5.96. The number of nitrogens with one attached hydrogen (secondary N) is 1. The second-order valence-electron chi connectivity index (χ2n) is 9.57. The van der Waals surface area contributed by atoms with Crippen LogP contribution in [0.1, 0.15) is 56.6 Å². The van der Waals surface area contributed by atoms with E-state index in [2.05, 4.69) is 33.2 Å². The summed E-state index contributed by atoms with van der Waals surface area (Å²) >= 11 is 0. The number of anilines is 1. The maximum atomic E-state index is 13.9. The van der Waals surface area contributed by atoms with Gasteiger partial charge in [-0.05, 0) is 98.2 Å². The fourth-order valence-electron chi connectivity index (χ4n) is 5.96. The zero-order valence-electron chi connectivity index (χ0n) is 19.0. The van der Waals surface area contributed by atoms with Gasteiger partial charge >= 0.3 is 0 Å². The highest BCUT2D eigenvalue weighted by atomic mass is 19.1. The molecule has 2 saturated carbocycles. The topological polar surface area (TPSA) is 54.9 Å². The van der Waals surface area contributed by atoms with Crippen LogP contribution >= 0.6 is 0 Å². The van der Waals surface area contributed by atoms with E-state index in [1.165, 1.54) is 11.6 Å². The molecule has 4 nitrogen and oxygen atoms in total. The average molecular weight is 442 g/mol. The van der Waals surface area contributed by atoms with Gasteiger partial charge in [0.25, 0.3) is 0 Å². The van der Waals surface area contributed by atoms with Gasteiger partial charge in [-0.25, -0.2) is 9.37 Å². The average Bonchev–Trinajstić information content (AvgIpc) is 3.39. The molecule has 0 aliphatic heterocycles. The maximum absolute atomic E-state index is 13.9. The third-order valence-corrected chi connectivity index (χ3v) is 7.63. The molecule has 33 heavy (non-hydrogen) atoms. The highest BCUT2D eigenvalue weighted by Gasteiger charge is 2.44. The molecule has 0 saturated heterocycles. The predicted octanol–water partition coefficient (Wildman–Crippen LogP) is 5.93. The lowest BCUT2D eigenvalue weighted by Gasteiger charge is -2.21. The van der Waals surface area contributed by atoms with E-state index >= 15 is 0 Å². The Kier molecular flexibility index (Phi) is 5.85. The predicted molar refractivity (Wildman–Crippen MR) is 128 cm³/mol. The van der Waals surface area contributed by atoms with Gasteiger partial charge in [0.05, 0.1) is 5.52 Å². The zero-order chi connectivity index (χ0) is 22.9. The molecule has 2 aliphatic rings. The van der Waals surface area contributed by atoms with Crippen LogP contribution in [0.4, 0.5) is 10.2 Å². The first-order valence-electron chi connectivity index (χ1n) is 11.8. The van der Waals surface area contributed by atoms with Crippen LogP contribution in [0.2, 0.25) is 0 Å². The molecule has 2 heterocycles. The number of halogens is 1. The minimum Gasteiger partial charge on any atom is -0.310 e. The number of fused-ring (bicyclic) bond motifs is 2. The summed E-state index contributed by atoms with van der Waals surface area (Å²) in [5.74, 6) is 8.22. The van der Waals surface area contributed by atoms with Crippen molar-refractivity contribution in [2.75, 3.05) is 5.32 Å². The Morgan fingerprint density at radius 3 is 2.58 bits per heavy atom. The molecule has 1 N–H and O–H groups in total. The second kappa shape index (κ2) is 8.94. The van der Waals surface area contributed by atoms with Gasteiger partial charge in [0, 0.05) is 29.3 Å². The summed E-state index contributed by atoms with van der Waals surface area (Å²) in [5, 5.41) is 3.91. The van der Waals surface area contributed by atoms with E-state index in [9.17, 15) is 9.18 Å². The lowest BCUT2D eigenvalue weighted by Crippen LogP contribution is -2.26. The highest BCUT2D eigenvalue weighted by Crippen LogP contribution is 2.54. The third-order valence-electron chi connectivity index (χ3n) is 7.63. The van der Waals surface area contributed by atoms with Crippen LogP contribution in [0.15, 0.2) is 48.8 Å². The molecule has 0 spiro atoms. The van der Waals surface area contributed by atoms with Crippen molar-refractivity contribution < 1.29 is 9.18 Å². The molecule has 2 fully saturated rings. The molecule has 5 rings (SSSR count). The van der Waals surface area contributed by atoms with Crippen molar-refractivity contribution in [1.82, 2.24) is 9.97 Å². The number of carbonyl (C=O) groups excluding carboxylic acids is 1. The minimum atomic E-state index is -0.211. The van der Waals surface area contributed by atoms with Crippen molar-refractivity contribution in [3.63, 3.8) is 0 Å². The number of hydrogen-bond acceptors (Lipinski definition) is 3. The standard InChI is InChI=1S/C28H28FN3O/c1-3-4-18-5-8-27(31-16-18)32-28(33)17(2)19-11-20-13-22(14-21(20)12-19)24-9-10-30-26-7-6-23(29)15-25(24)26/h5-10,15-17,19-22H,11-14H2,1-2H3,(H,31,32,33)/t17?,19?,20-,21?,22?/m0/s1. The van der Waals surface area contributed by atoms with Crippen LogP contribution in [0.25, 0.3) is 10.9 Å². The van der Waals surface area contributed by atoms with Crippen molar-refractivity contribution >= 4 is 22.6 Å². The van der Waals surface area contributed by atoms with Gasteiger partial charge in [-0.2, -0.15) is 0 Å². The number of aromatic nitrogens is 2. The Morgan fingerprint density at radius 1 is 1.09 bits per heavy atom. The number of benzene rings is 1. The molecule has 2 aromatic heterocycles. The quantitative estimate of drug-likeness (QED) is 0.510. The van der Waals surface area contributed by atoms with Gasteiger partial charge in [0.2, 0.25) is 5.91 Å². The van der Waals surface area contributed by atoms with Crippen LogP contribution in [-0.4, -0.2) is 15.9 Å². The van der Waals surface area contributed by atoms with Crippen molar-refractivity contribution in [1.29, 1.82) is 0 Å². The molecule has 4 unspecified atom stereocenters. The van der Waals surface area contributed by atoms with Gasteiger partial charge < -0.3 is 5.32 Å². The number of nitrogens with zero attached hydrogens (tertiary/aromatic N) is 2. The van der Waals surface area contributed by atoms with Crippen LogP contribution in [0, 0.1) is 41.3 Å². The van der Waals surface area contributed by atoms with E-state index in [1.807, 2.05) is 19.2 Å². The summed E-state index contributed by atoms with van der Waals surface area (Å²) in [6, 6.07) is 10.6. The van der Waals surface area contributed by atoms with E-state index in [0.717, 1.165) is 42.1 Å². The van der Waals surface area contributed by atoms with Gasteiger partial charge in [-0.15, -0.1) is 5.92 Å². The lowest BCUT2D eigenvalue weighted by atomic mass is 9.86. The third kappa shape index (κ3) is 4.35. The van der Waals surface area contributed by atoms with E-state index in [4.69, 9.17) is 0 Å².